The number of halogens is 4. The number of carbonyl (C=O) groups is 1. The molecule has 0 spiro atoms. The molecular weight excluding hydrogens is 330 g/mol. The van der Waals surface area contributed by atoms with Gasteiger partial charge >= 0.3 is 12.1 Å². The molecule has 2 aromatic rings. The quantitative estimate of drug-likeness (QED) is 0.606. The van der Waals surface area contributed by atoms with Gasteiger partial charge in [0.05, 0.1) is 12.2 Å². The average Bonchev–Trinajstić information content (AvgIpc) is 2.86. The Morgan fingerprint density at radius 2 is 2.04 bits per heavy atom. The van der Waals surface area contributed by atoms with Gasteiger partial charge in [-0.2, -0.15) is 13.2 Å². The summed E-state index contributed by atoms with van der Waals surface area (Å²) in [6.07, 6.45) is -2.16. The summed E-state index contributed by atoms with van der Waals surface area (Å²) in [6, 6.07) is 2.18. The maximum atomic E-state index is 13.7. The first-order valence-corrected chi connectivity index (χ1v) is 6.91. The monoisotopic (exact) mass is 343 g/mol. The Bertz CT molecular complexity index is 778. The minimum Gasteiger partial charge on any atom is -0.461 e. The molecule has 0 amide bonds. The minimum absolute atomic E-state index is 0.00912. The van der Waals surface area contributed by atoms with Gasteiger partial charge < -0.3 is 9.15 Å². The van der Waals surface area contributed by atoms with Crippen LogP contribution >= 0.6 is 0 Å². The van der Waals surface area contributed by atoms with Crippen LogP contribution in [0.25, 0.3) is 12.2 Å². The fraction of sp³-hybridized carbons (Fsp3) is 0.250. The molecular formula is C16H13F4NO3. The number of carbonyl (C=O) groups excluding carboxylic acids is 1. The van der Waals surface area contributed by atoms with Crippen molar-refractivity contribution in [1.82, 2.24) is 4.98 Å². The molecule has 0 fully saturated rings. The molecule has 1 aromatic carbocycles. The van der Waals surface area contributed by atoms with Crippen LogP contribution in [0.4, 0.5) is 17.6 Å². The van der Waals surface area contributed by atoms with Gasteiger partial charge in [0.25, 0.3) is 0 Å². The van der Waals surface area contributed by atoms with Gasteiger partial charge in [0.15, 0.2) is 5.69 Å². The summed E-state index contributed by atoms with van der Waals surface area (Å²) in [5.74, 6) is -1.45. The van der Waals surface area contributed by atoms with Gasteiger partial charge in [-0.3, -0.25) is 0 Å². The number of hydrogen-bond acceptors (Lipinski definition) is 4. The van der Waals surface area contributed by atoms with E-state index in [1.165, 1.54) is 19.1 Å². The Labute approximate surface area is 134 Å². The largest absolute Gasteiger partial charge is 0.461 e. The van der Waals surface area contributed by atoms with Crippen molar-refractivity contribution in [2.75, 3.05) is 6.61 Å². The Balaban J connectivity index is 2.23. The van der Waals surface area contributed by atoms with Crippen LogP contribution < -0.4 is 0 Å². The van der Waals surface area contributed by atoms with Crippen molar-refractivity contribution in [3.8, 4) is 0 Å². The van der Waals surface area contributed by atoms with Crippen LogP contribution in [0, 0.1) is 12.7 Å². The highest BCUT2D eigenvalue weighted by Gasteiger charge is 2.31. The highest BCUT2D eigenvalue weighted by Crippen LogP contribution is 2.30. The lowest BCUT2D eigenvalue weighted by Gasteiger charge is -2.07. The average molecular weight is 343 g/mol. The van der Waals surface area contributed by atoms with Crippen LogP contribution in [0.2, 0.25) is 0 Å². The molecule has 0 N–H and O–H groups in total. The van der Waals surface area contributed by atoms with E-state index in [-0.39, 0.29) is 29.5 Å². The second-order valence-corrected chi connectivity index (χ2v) is 4.74. The van der Waals surface area contributed by atoms with E-state index in [0.717, 1.165) is 12.1 Å². The summed E-state index contributed by atoms with van der Waals surface area (Å²) in [6.45, 7) is 3.32. The standard InChI is InChI=1S/C16H13F4NO3/c1-3-23-15(22)14-9(2)24-13(21-14)7-5-10-4-6-11(8-12(10)17)16(18,19)20/h4-8H,3H2,1-2H3. The number of nitrogens with zero attached hydrogens (tertiary/aromatic N) is 1. The summed E-state index contributed by atoms with van der Waals surface area (Å²) in [4.78, 5) is 15.5. The van der Waals surface area contributed by atoms with Crippen molar-refractivity contribution in [1.29, 1.82) is 0 Å². The molecule has 128 valence electrons. The molecule has 0 atom stereocenters. The molecule has 1 aromatic heterocycles. The molecule has 0 aliphatic carbocycles. The van der Waals surface area contributed by atoms with Gasteiger partial charge in [0, 0.05) is 11.6 Å². The summed E-state index contributed by atoms with van der Waals surface area (Å²) in [7, 11) is 0. The molecule has 8 heteroatoms. The van der Waals surface area contributed by atoms with Gasteiger partial charge in [-0.25, -0.2) is 14.2 Å². The van der Waals surface area contributed by atoms with Crippen LogP contribution in [0.3, 0.4) is 0 Å². The van der Waals surface area contributed by atoms with E-state index >= 15 is 0 Å². The fourth-order valence-electron chi connectivity index (χ4n) is 1.88. The minimum atomic E-state index is -4.61. The lowest BCUT2D eigenvalue weighted by atomic mass is 10.1. The zero-order valence-electron chi connectivity index (χ0n) is 12.8. The first kappa shape index (κ1) is 17.7. The molecule has 0 aliphatic rings. The van der Waals surface area contributed by atoms with Gasteiger partial charge in [0.1, 0.15) is 11.6 Å². The Kier molecular flexibility index (Phi) is 5.06. The number of aromatic nitrogens is 1. The summed E-state index contributed by atoms with van der Waals surface area (Å²) in [5, 5.41) is 0. The van der Waals surface area contributed by atoms with Crippen LogP contribution in [-0.2, 0) is 10.9 Å². The number of benzene rings is 1. The molecule has 0 unspecified atom stereocenters. The second kappa shape index (κ2) is 6.86. The number of rotatable bonds is 4. The SMILES string of the molecule is CCOC(=O)c1nc(C=Cc2ccc(C(F)(F)F)cc2F)oc1C. The van der Waals surface area contributed by atoms with E-state index in [0.29, 0.717) is 6.07 Å². The third-order valence-corrected chi connectivity index (χ3v) is 3.02. The molecule has 0 saturated carbocycles. The number of alkyl halides is 3. The predicted molar refractivity (Wildman–Crippen MR) is 77.5 cm³/mol. The molecule has 4 nitrogen and oxygen atoms in total. The second-order valence-electron chi connectivity index (χ2n) is 4.74. The van der Waals surface area contributed by atoms with Crippen molar-refractivity contribution < 1.29 is 31.5 Å². The zero-order chi connectivity index (χ0) is 17.9. The summed E-state index contributed by atoms with van der Waals surface area (Å²) >= 11 is 0. The van der Waals surface area contributed by atoms with Crippen LogP contribution in [0.15, 0.2) is 22.6 Å². The van der Waals surface area contributed by atoms with E-state index in [9.17, 15) is 22.4 Å². The van der Waals surface area contributed by atoms with Gasteiger partial charge in [-0.15, -0.1) is 0 Å². The van der Waals surface area contributed by atoms with E-state index in [4.69, 9.17) is 9.15 Å². The molecule has 24 heavy (non-hydrogen) atoms. The lowest BCUT2D eigenvalue weighted by molar-refractivity contribution is -0.137. The summed E-state index contributed by atoms with van der Waals surface area (Å²) < 4.78 is 61.2. The molecule has 1 heterocycles. The van der Waals surface area contributed by atoms with Crippen molar-refractivity contribution in [3.05, 3.63) is 52.5 Å². The van der Waals surface area contributed by atoms with Crippen molar-refractivity contribution in [2.45, 2.75) is 20.0 Å². The number of oxazole rings is 1. The van der Waals surface area contributed by atoms with E-state index in [1.807, 2.05) is 0 Å². The maximum Gasteiger partial charge on any atom is 0.416 e. The topological polar surface area (TPSA) is 52.3 Å². The van der Waals surface area contributed by atoms with Gasteiger partial charge in [-0.05, 0) is 32.1 Å². The third-order valence-electron chi connectivity index (χ3n) is 3.02. The molecule has 0 aliphatic heterocycles. The van der Waals surface area contributed by atoms with Crippen LogP contribution in [0.5, 0.6) is 0 Å². The number of ether oxygens (including phenoxy) is 1. The molecule has 0 bridgehead atoms. The zero-order valence-corrected chi connectivity index (χ0v) is 12.8. The van der Waals surface area contributed by atoms with Crippen LogP contribution in [0.1, 0.15) is 40.2 Å². The maximum absolute atomic E-state index is 13.7. The molecule has 0 saturated heterocycles. The first-order valence-electron chi connectivity index (χ1n) is 6.91. The lowest BCUT2D eigenvalue weighted by Crippen LogP contribution is -2.06. The normalized spacial score (nSPS) is 11.9. The Morgan fingerprint density at radius 3 is 2.62 bits per heavy atom. The van der Waals surface area contributed by atoms with E-state index in [1.54, 1.807) is 6.92 Å². The fourth-order valence-corrected chi connectivity index (χ4v) is 1.88. The van der Waals surface area contributed by atoms with Crippen molar-refractivity contribution >= 4 is 18.1 Å². The molecule has 2 rings (SSSR count). The van der Waals surface area contributed by atoms with E-state index in [2.05, 4.69) is 4.98 Å². The Hall–Kier alpha value is -2.64. The van der Waals surface area contributed by atoms with Crippen LogP contribution in [-0.4, -0.2) is 17.6 Å². The highest BCUT2D eigenvalue weighted by molar-refractivity contribution is 5.88. The van der Waals surface area contributed by atoms with E-state index < -0.39 is 23.5 Å². The number of esters is 1. The predicted octanol–water partition coefficient (Wildman–Crippen LogP) is 4.49. The van der Waals surface area contributed by atoms with Gasteiger partial charge in [-0.1, -0.05) is 6.07 Å². The smallest absolute Gasteiger partial charge is 0.416 e. The van der Waals surface area contributed by atoms with Gasteiger partial charge in [0.2, 0.25) is 5.89 Å². The number of aryl methyl sites for hydroxylation is 1. The summed E-state index contributed by atoms with van der Waals surface area (Å²) in [5.41, 5.74) is -1.16. The number of hydrogen-bond donors (Lipinski definition) is 0. The van der Waals surface area contributed by atoms with Crippen molar-refractivity contribution in [2.24, 2.45) is 0 Å². The third kappa shape index (κ3) is 4.01. The van der Waals surface area contributed by atoms with Crippen molar-refractivity contribution in [3.63, 3.8) is 0 Å². The first-order chi connectivity index (χ1) is 11.2. The molecule has 0 radical (unpaired) electrons. The Morgan fingerprint density at radius 1 is 1.33 bits per heavy atom. The highest BCUT2D eigenvalue weighted by atomic mass is 19.4.